The van der Waals surface area contributed by atoms with Crippen molar-refractivity contribution in [2.45, 2.75) is 0 Å². The van der Waals surface area contributed by atoms with Gasteiger partial charge >= 0.3 is 12.1 Å². The van der Waals surface area contributed by atoms with E-state index in [1.165, 1.54) is 6.07 Å². The molecule has 0 saturated carbocycles. The largest absolute Gasteiger partial charge is 0.478 e. The Balaban J connectivity index is 3.33. The number of amides is 1. The highest BCUT2D eigenvalue weighted by atomic mass is 79.9. The summed E-state index contributed by atoms with van der Waals surface area (Å²) in [7, 11) is 0. The molecule has 1 aromatic carbocycles. The first-order valence-electron chi connectivity index (χ1n) is 3.64. The average molecular weight is 278 g/mol. The number of nitrogens with one attached hydrogen (secondary N) is 1. The van der Waals surface area contributed by atoms with E-state index in [0.717, 1.165) is 6.07 Å². The zero-order valence-corrected chi connectivity index (χ0v) is 8.71. The lowest BCUT2D eigenvalue weighted by Gasteiger charge is -2.07. The molecule has 0 radical (unpaired) electrons. The Morgan fingerprint density at radius 1 is 1.33 bits per heavy atom. The lowest BCUT2D eigenvalue weighted by Crippen LogP contribution is -2.13. The van der Waals surface area contributed by atoms with Crippen molar-refractivity contribution in [1.29, 1.82) is 0 Å². The Bertz CT molecular complexity index is 435. The minimum atomic E-state index is -1.54. The van der Waals surface area contributed by atoms with Gasteiger partial charge < -0.3 is 10.2 Å². The van der Waals surface area contributed by atoms with Gasteiger partial charge in [0.05, 0.1) is 5.69 Å². The summed E-state index contributed by atoms with van der Waals surface area (Å²) >= 11 is 2.92. The normalized spacial score (nSPS) is 9.73. The predicted molar refractivity (Wildman–Crippen MR) is 52.7 cm³/mol. The molecule has 0 saturated heterocycles. The fourth-order valence-corrected chi connectivity index (χ4v) is 1.43. The highest BCUT2D eigenvalue weighted by Crippen LogP contribution is 2.24. The third-order valence-electron chi connectivity index (χ3n) is 1.51. The molecular formula is C8H5BrFNO4. The van der Waals surface area contributed by atoms with Crippen molar-refractivity contribution in [3.05, 3.63) is 28.0 Å². The van der Waals surface area contributed by atoms with E-state index in [-0.39, 0.29) is 10.2 Å². The second kappa shape index (κ2) is 4.26. The summed E-state index contributed by atoms with van der Waals surface area (Å²) in [6, 6.07) is 2.11. The lowest BCUT2D eigenvalue weighted by molar-refractivity contribution is 0.0693. The molecule has 0 aromatic heterocycles. The number of hydrogen-bond donors (Lipinski definition) is 3. The maximum atomic E-state index is 13.2. The van der Waals surface area contributed by atoms with Gasteiger partial charge in [0.2, 0.25) is 0 Å². The van der Waals surface area contributed by atoms with Crippen molar-refractivity contribution in [2.24, 2.45) is 0 Å². The van der Waals surface area contributed by atoms with E-state index in [2.05, 4.69) is 15.9 Å². The molecule has 3 N–H and O–H groups in total. The van der Waals surface area contributed by atoms with Crippen molar-refractivity contribution >= 4 is 33.7 Å². The minimum Gasteiger partial charge on any atom is -0.478 e. The van der Waals surface area contributed by atoms with Crippen molar-refractivity contribution in [3.8, 4) is 0 Å². The van der Waals surface area contributed by atoms with Crippen molar-refractivity contribution in [3.63, 3.8) is 0 Å². The fourth-order valence-electron chi connectivity index (χ4n) is 1.00. The second-order valence-corrected chi connectivity index (χ2v) is 3.46. The number of rotatable bonds is 2. The molecule has 0 spiro atoms. The van der Waals surface area contributed by atoms with E-state index in [1.807, 2.05) is 0 Å². The van der Waals surface area contributed by atoms with E-state index in [9.17, 15) is 14.0 Å². The number of aromatic carboxylic acids is 1. The standard InChI is InChI=1S/C8H5BrFNO4/c9-3-1-4(10)6(7(12)13)5(2-3)11-8(14)15/h1-2,11H,(H,12,13)(H,14,15). The van der Waals surface area contributed by atoms with Gasteiger partial charge in [-0.2, -0.15) is 0 Å². The van der Waals surface area contributed by atoms with Crippen LogP contribution in [0.25, 0.3) is 0 Å². The number of carboxylic acids is 1. The van der Waals surface area contributed by atoms with Crippen LogP contribution < -0.4 is 5.32 Å². The summed E-state index contributed by atoms with van der Waals surface area (Å²) in [5.74, 6) is -2.55. The minimum absolute atomic E-state index is 0.244. The molecule has 0 bridgehead atoms. The SMILES string of the molecule is O=C(O)Nc1cc(Br)cc(F)c1C(=O)O. The number of halogens is 2. The Morgan fingerprint density at radius 3 is 2.40 bits per heavy atom. The maximum absolute atomic E-state index is 13.2. The van der Waals surface area contributed by atoms with Gasteiger partial charge in [-0.25, -0.2) is 14.0 Å². The van der Waals surface area contributed by atoms with Gasteiger partial charge in [0.15, 0.2) is 0 Å². The van der Waals surface area contributed by atoms with Crippen LogP contribution in [0.5, 0.6) is 0 Å². The molecule has 1 aromatic rings. The fraction of sp³-hybridized carbons (Fsp3) is 0. The zero-order chi connectivity index (χ0) is 11.6. The number of benzene rings is 1. The Labute approximate surface area is 91.7 Å². The topological polar surface area (TPSA) is 86.6 Å². The molecule has 0 fully saturated rings. The van der Waals surface area contributed by atoms with E-state index < -0.39 is 23.4 Å². The highest BCUT2D eigenvalue weighted by molar-refractivity contribution is 9.10. The maximum Gasteiger partial charge on any atom is 0.409 e. The smallest absolute Gasteiger partial charge is 0.409 e. The first-order valence-corrected chi connectivity index (χ1v) is 4.43. The molecule has 0 aliphatic rings. The van der Waals surface area contributed by atoms with Crippen LogP contribution in [-0.2, 0) is 0 Å². The summed E-state index contributed by atoms with van der Waals surface area (Å²) in [4.78, 5) is 21.0. The van der Waals surface area contributed by atoms with E-state index in [4.69, 9.17) is 10.2 Å². The van der Waals surface area contributed by atoms with Gasteiger partial charge in [0.25, 0.3) is 0 Å². The van der Waals surface area contributed by atoms with E-state index in [0.29, 0.717) is 0 Å². The Morgan fingerprint density at radius 2 is 1.93 bits per heavy atom. The van der Waals surface area contributed by atoms with Crippen LogP contribution in [0.4, 0.5) is 14.9 Å². The number of anilines is 1. The van der Waals surface area contributed by atoms with Crippen LogP contribution >= 0.6 is 15.9 Å². The zero-order valence-electron chi connectivity index (χ0n) is 7.12. The number of carbonyl (C=O) groups is 2. The van der Waals surface area contributed by atoms with Crippen molar-refractivity contribution < 1.29 is 24.2 Å². The second-order valence-electron chi connectivity index (χ2n) is 2.55. The van der Waals surface area contributed by atoms with Gasteiger partial charge in [-0.15, -0.1) is 0 Å². The monoisotopic (exact) mass is 277 g/mol. The van der Waals surface area contributed by atoms with Crippen molar-refractivity contribution in [1.82, 2.24) is 0 Å². The summed E-state index contributed by atoms with van der Waals surface area (Å²) in [6.07, 6.45) is -1.46. The molecule has 0 heterocycles. The number of hydrogen-bond acceptors (Lipinski definition) is 2. The molecule has 7 heteroatoms. The molecule has 5 nitrogen and oxygen atoms in total. The lowest BCUT2D eigenvalue weighted by atomic mass is 10.1. The molecular weight excluding hydrogens is 273 g/mol. The van der Waals surface area contributed by atoms with Crippen molar-refractivity contribution in [2.75, 3.05) is 5.32 Å². The summed E-state index contributed by atoms with van der Waals surface area (Å²) in [5, 5.41) is 18.9. The first kappa shape index (κ1) is 11.4. The first-order chi connectivity index (χ1) is 6.91. The highest BCUT2D eigenvalue weighted by Gasteiger charge is 2.18. The van der Waals surface area contributed by atoms with Crippen LogP contribution in [0.2, 0.25) is 0 Å². The van der Waals surface area contributed by atoms with E-state index in [1.54, 1.807) is 5.32 Å². The van der Waals surface area contributed by atoms with Crippen LogP contribution in [0.15, 0.2) is 16.6 Å². The predicted octanol–water partition coefficient (Wildman–Crippen LogP) is 2.38. The van der Waals surface area contributed by atoms with Gasteiger partial charge in [0.1, 0.15) is 11.4 Å². The Hall–Kier alpha value is -1.63. The summed E-state index contributed by atoms with van der Waals surface area (Å²) in [5.41, 5.74) is -1.03. The van der Waals surface area contributed by atoms with Crippen LogP contribution in [0, 0.1) is 5.82 Å². The summed E-state index contributed by atoms with van der Waals surface area (Å²) in [6.45, 7) is 0. The molecule has 1 amide bonds. The Kier molecular flexibility index (Phi) is 3.25. The molecule has 0 aliphatic heterocycles. The molecule has 0 aliphatic carbocycles. The van der Waals surface area contributed by atoms with Gasteiger partial charge in [-0.05, 0) is 12.1 Å². The third kappa shape index (κ3) is 2.66. The van der Waals surface area contributed by atoms with Gasteiger partial charge in [-0.1, -0.05) is 15.9 Å². The molecule has 0 atom stereocenters. The van der Waals surface area contributed by atoms with Crippen LogP contribution in [-0.4, -0.2) is 22.3 Å². The van der Waals surface area contributed by atoms with Crippen LogP contribution in [0.3, 0.4) is 0 Å². The number of carboxylic acid groups (broad SMARTS) is 2. The van der Waals surface area contributed by atoms with Crippen LogP contribution in [0.1, 0.15) is 10.4 Å². The molecule has 1 rings (SSSR count). The molecule has 15 heavy (non-hydrogen) atoms. The molecule has 0 unspecified atom stereocenters. The molecule has 80 valence electrons. The van der Waals surface area contributed by atoms with E-state index >= 15 is 0 Å². The quantitative estimate of drug-likeness (QED) is 0.775. The van der Waals surface area contributed by atoms with Gasteiger partial charge in [-0.3, -0.25) is 5.32 Å². The summed E-state index contributed by atoms with van der Waals surface area (Å²) < 4.78 is 13.4. The van der Waals surface area contributed by atoms with Gasteiger partial charge in [0, 0.05) is 4.47 Å². The average Bonchev–Trinajstić information content (AvgIpc) is 1.99. The third-order valence-corrected chi connectivity index (χ3v) is 1.97.